The zero-order valence-corrected chi connectivity index (χ0v) is 25.2. The second-order valence-electron chi connectivity index (χ2n) is 11.1. The first-order valence-corrected chi connectivity index (χ1v) is 16.2. The van der Waals surface area contributed by atoms with Crippen LogP contribution in [0.1, 0.15) is 22.8 Å². The molecular formula is C38H26N4O3S. The Morgan fingerprint density at radius 3 is 1.33 bits per heavy atom. The lowest BCUT2D eigenvalue weighted by Crippen LogP contribution is -1.97. The summed E-state index contributed by atoms with van der Waals surface area (Å²) < 4.78 is 33.3. The molecule has 5 heterocycles. The fraction of sp³-hybridized carbons (Fsp3) is 0. The molecule has 8 rings (SSSR count). The topological polar surface area (TPSA) is 112 Å². The zero-order chi connectivity index (χ0) is 31.3. The summed E-state index contributed by atoms with van der Waals surface area (Å²) in [5.41, 5.74) is 12.0. The van der Waals surface area contributed by atoms with Gasteiger partial charge in [0.15, 0.2) is 0 Å². The van der Waals surface area contributed by atoms with Gasteiger partial charge in [-0.3, -0.25) is 4.55 Å². The lowest BCUT2D eigenvalue weighted by atomic mass is 10.0. The normalized spacial score (nSPS) is 12.5. The van der Waals surface area contributed by atoms with Crippen molar-refractivity contribution in [2.24, 2.45) is 0 Å². The van der Waals surface area contributed by atoms with E-state index < -0.39 is 10.1 Å². The highest BCUT2D eigenvalue weighted by Gasteiger charge is 2.19. The number of benzene rings is 3. The van der Waals surface area contributed by atoms with Gasteiger partial charge in [0.1, 0.15) is 0 Å². The van der Waals surface area contributed by atoms with Crippen molar-refractivity contribution in [3.05, 3.63) is 138 Å². The lowest BCUT2D eigenvalue weighted by Gasteiger charge is -2.07. The van der Waals surface area contributed by atoms with Crippen LogP contribution in [0.25, 0.3) is 79.8 Å². The molecule has 0 radical (unpaired) electrons. The van der Waals surface area contributed by atoms with Gasteiger partial charge in [-0.05, 0) is 83.5 Å². The van der Waals surface area contributed by atoms with Crippen LogP contribution in [0.3, 0.4) is 0 Å². The Kier molecular flexibility index (Phi) is 6.60. The summed E-state index contributed by atoms with van der Waals surface area (Å²) in [4.78, 5) is 17.3. The minimum atomic E-state index is -4.36. The largest absolute Gasteiger partial charge is 0.355 e. The molecule has 3 aromatic carbocycles. The highest BCUT2D eigenvalue weighted by atomic mass is 32.2. The maximum atomic E-state index is 11.8. The summed E-state index contributed by atoms with van der Waals surface area (Å²) in [5, 5.41) is 0. The van der Waals surface area contributed by atoms with Crippen molar-refractivity contribution in [1.29, 1.82) is 0 Å². The van der Waals surface area contributed by atoms with E-state index in [4.69, 9.17) is 9.97 Å². The van der Waals surface area contributed by atoms with Crippen molar-refractivity contribution in [3.63, 3.8) is 0 Å². The minimum absolute atomic E-state index is 0.182. The average molecular weight is 619 g/mol. The maximum Gasteiger partial charge on any atom is 0.294 e. The van der Waals surface area contributed by atoms with E-state index in [9.17, 15) is 13.0 Å². The molecule has 6 aromatic rings. The summed E-state index contributed by atoms with van der Waals surface area (Å²) >= 11 is 0. The summed E-state index contributed by atoms with van der Waals surface area (Å²) in [6.45, 7) is 0. The van der Waals surface area contributed by atoms with Crippen LogP contribution >= 0.6 is 0 Å². The van der Waals surface area contributed by atoms with E-state index in [0.717, 1.165) is 61.3 Å². The molecule has 8 heteroatoms. The smallest absolute Gasteiger partial charge is 0.294 e. The SMILES string of the molecule is O=S(=O)(O)c1ccc(-c2c3nc(c(-c4ccccc4)c4ccc(cc5ccc([nH]5)c(-c5ccccc5)c5nc2C=C5)[nH]4)C=C3)cc1. The Balaban J connectivity index is 1.52. The monoisotopic (exact) mass is 618 g/mol. The molecule has 0 aliphatic carbocycles. The molecule has 7 nitrogen and oxygen atoms in total. The fourth-order valence-corrected chi connectivity index (χ4v) is 6.53. The Hall–Kier alpha value is -5.83. The molecule has 222 valence electrons. The Morgan fingerprint density at radius 2 is 0.891 bits per heavy atom. The second-order valence-corrected chi connectivity index (χ2v) is 12.5. The first-order valence-electron chi connectivity index (χ1n) is 14.7. The Morgan fingerprint density at radius 1 is 0.478 bits per heavy atom. The third kappa shape index (κ3) is 5.05. The van der Waals surface area contributed by atoms with Crippen LogP contribution in [-0.4, -0.2) is 32.9 Å². The van der Waals surface area contributed by atoms with Crippen LogP contribution < -0.4 is 0 Å². The number of nitrogens with one attached hydrogen (secondary N) is 2. The zero-order valence-electron chi connectivity index (χ0n) is 24.3. The van der Waals surface area contributed by atoms with E-state index in [1.54, 1.807) is 12.1 Å². The molecule has 0 unspecified atom stereocenters. The van der Waals surface area contributed by atoms with Crippen LogP contribution in [0, 0.1) is 0 Å². The summed E-state index contributed by atoms with van der Waals surface area (Å²) in [5.74, 6) is 0. The van der Waals surface area contributed by atoms with Crippen molar-refractivity contribution in [3.8, 4) is 33.4 Å². The lowest BCUT2D eigenvalue weighted by molar-refractivity contribution is 0.483. The van der Waals surface area contributed by atoms with Gasteiger partial charge in [0.2, 0.25) is 0 Å². The van der Waals surface area contributed by atoms with Gasteiger partial charge in [-0.15, -0.1) is 0 Å². The van der Waals surface area contributed by atoms with Crippen molar-refractivity contribution < 1.29 is 13.0 Å². The first-order chi connectivity index (χ1) is 22.4. The molecule has 3 N–H and O–H groups in total. The predicted molar refractivity (Wildman–Crippen MR) is 185 cm³/mol. The van der Waals surface area contributed by atoms with Crippen molar-refractivity contribution in [2.45, 2.75) is 4.90 Å². The van der Waals surface area contributed by atoms with Gasteiger partial charge in [0.25, 0.3) is 10.1 Å². The molecule has 0 atom stereocenters. The van der Waals surface area contributed by atoms with E-state index in [2.05, 4.69) is 64.6 Å². The van der Waals surface area contributed by atoms with Gasteiger partial charge in [0, 0.05) is 38.8 Å². The molecule has 0 saturated carbocycles. The summed E-state index contributed by atoms with van der Waals surface area (Å²) in [7, 11) is -4.36. The summed E-state index contributed by atoms with van der Waals surface area (Å²) in [6.07, 6.45) is 7.92. The number of hydrogen-bond acceptors (Lipinski definition) is 4. The molecule has 2 aliphatic heterocycles. The van der Waals surface area contributed by atoms with Crippen molar-refractivity contribution >= 4 is 56.5 Å². The number of aromatic amines is 2. The van der Waals surface area contributed by atoms with Crippen LogP contribution in [-0.2, 0) is 10.1 Å². The van der Waals surface area contributed by atoms with Crippen molar-refractivity contribution in [1.82, 2.24) is 19.9 Å². The molecule has 8 bridgehead atoms. The first kappa shape index (κ1) is 27.7. The molecular weight excluding hydrogens is 593 g/mol. The van der Waals surface area contributed by atoms with E-state index in [-0.39, 0.29) is 4.90 Å². The van der Waals surface area contributed by atoms with E-state index in [0.29, 0.717) is 17.0 Å². The quantitative estimate of drug-likeness (QED) is 0.171. The number of hydrogen-bond donors (Lipinski definition) is 3. The third-order valence-corrected chi connectivity index (χ3v) is 9.00. The maximum absolute atomic E-state index is 11.8. The van der Waals surface area contributed by atoms with Gasteiger partial charge in [-0.25, -0.2) is 9.97 Å². The number of nitrogens with zero attached hydrogens (tertiary/aromatic N) is 2. The number of fused-ring (bicyclic) bond motifs is 8. The molecule has 0 saturated heterocycles. The fourth-order valence-electron chi connectivity index (χ4n) is 6.05. The van der Waals surface area contributed by atoms with Gasteiger partial charge >= 0.3 is 0 Å². The molecule has 2 aliphatic rings. The number of rotatable bonds is 4. The average Bonchev–Trinajstić information content (AvgIpc) is 3.89. The highest BCUT2D eigenvalue weighted by Crippen LogP contribution is 2.37. The van der Waals surface area contributed by atoms with Crippen LogP contribution in [0.2, 0.25) is 0 Å². The minimum Gasteiger partial charge on any atom is -0.355 e. The Labute approximate surface area is 265 Å². The van der Waals surface area contributed by atoms with E-state index >= 15 is 0 Å². The van der Waals surface area contributed by atoms with Crippen molar-refractivity contribution in [2.75, 3.05) is 0 Å². The molecule has 46 heavy (non-hydrogen) atoms. The molecule has 0 spiro atoms. The third-order valence-electron chi connectivity index (χ3n) is 8.14. The standard InChI is InChI=1S/C38H26N4O3S/c43-46(44,45)29-15-11-26(12-16-29)38-34-21-19-32(41-34)36(24-7-3-1-4-8-24)30-17-13-27(39-30)23-28-14-18-31(40-28)37(25-9-5-2-6-10-25)33-20-22-35(38)42-33/h1-23,39-40H,(H,43,44,45). The van der Waals surface area contributed by atoms with Gasteiger partial charge in [-0.1, -0.05) is 72.8 Å². The van der Waals surface area contributed by atoms with Crippen LogP contribution in [0.5, 0.6) is 0 Å². The molecule has 0 amide bonds. The number of aromatic nitrogens is 4. The Bertz CT molecular complexity index is 2340. The van der Waals surface area contributed by atoms with Gasteiger partial charge in [-0.2, -0.15) is 8.42 Å². The van der Waals surface area contributed by atoms with E-state index in [1.165, 1.54) is 12.1 Å². The van der Waals surface area contributed by atoms with E-state index in [1.807, 2.05) is 60.7 Å². The van der Waals surface area contributed by atoms with Crippen LogP contribution in [0.4, 0.5) is 0 Å². The second kappa shape index (κ2) is 11.0. The van der Waals surface area contributed by atoms with Gasteiger partial charge < -0.3 is 9.97 Å². The predicted octanol–water partition coefficient (Wildman–Crippen LogP) is 8.90. The highest BCUT2D eigenvalue weighted by molar-refractivity contribution is 7.85. The van der Waals surface area contributed by atoms with Gasteiger partial charge in [0.05, 0.1) is 27.7 Å². The molecule has 3 aromatic heterocycles. The molecule has 0 fully saturated rings. The number of H-pyrrole nitrogens is 2. The summed E-state index contributed by atoms with van der Waals surface area (Å²) in [6, 6.07) is 36.7. The van der Waals surface area contributed by atoms with Crippen LogP contribution in [0.15, 0.2) is 120 Å².